The van der Waals surface area contributed by atoms with Gasteiger partial charge in [-0.3, -0.25) is 9.59 Å². The lowest BCUT2D eigenvalue weighted by molar-refractivity contribution is -0.139. The van der Waals surface area contributed by atoms with Crippen molar-refractivity contribution < 1.29 is 19.4 Å². The van der Waals surface area contributed by atoms with Crippen LogP contribution in [0, 0.1) is 6.92 Å². The lowest BCUT2D eigenvalue weighted by Gasteiger charge is -2.31. The van der Waals surface area contributed by atoms with Crippen LogP contribution in [0.2, 0.25) is 0 Å². The van der Waals surface area contributed by atoms with E-state index >= 15 is 0 Å². The van der Waals surface area contributed by atoms with Crippen molar-refractivity contribution in [3.8, 4) is 5.75 Å². The third-order valence-electron chi connectivity index (χ3n) is 4.15. The van der Waals surface area contributed by atoms with Gasteiger partial charge in [0.25, 0.3) is 0 Å². The minimum Gasteiger partial charge on any atom is -0.493 e. The van der Waals surface area contributed by atoms with Gasteiger partial charge in [-0.1, -0.05) is 32.0 Å². The zero-order chi connectivity index (χ0) is 17.3. The van der Waals surface area contributed by atoms with Crippen LogP contribution in [0.1, 0.15) is 51.5 Å². The van der Waals surface area contributed by atoms with Crippen molar-refractivity contribution >= 4 is 11.9 Å². The Kier molecular flexibility index (Phi) is 7.59. The Morgan fingerprint density at radius 1 is 1.22 bits per heavy atom. The average Bonchev–Trinajstić information content (AvgIpc) is 2.52. The number of hydrogen-bond donors (Lipinski definition) is 2. The molecular weight excluding hydrogens is 294 g/mol. The molecule has 5 heteroatoms. The third-order valence-corrected chi connectivity index (χ3v) is 4.15. The number of rotatable bonds is 10. The Morgan fingerprint density at radius 3 is 2.43 bits per heavy atom. The molecule has 0 radical (unpaired) electrons. The Labute approximate surface area is 138 Å². The number of benzene rings is 1. The number of aryl methyl sites for hydroxylation is 1. The molecule has 0 bridgehead atoms. The van der Waals surface area contributed by atoms with Crippen molar-refractivity contribution in [3.63, 3.8) is 0 Å². The number of carbonyl (C=O) groups is 2. The number of aliphatic carboxylic acids is 1. The van der Waals surface area contributed by atoms with E-state index in [1.165, 1.54) is 0 Å². The minimum absolute atomic E-state index is 0.0501. The maximum atomic E-state index is 12.1. The molecule has 0 fully saturated rings. The highest BCUT2D eigenvalue weighted by Crippen LogP contribution is 2.20. The summed E-state index contributed by atoms with van der Waals surface area (Å²) in [7, 11) is 0. The lowest BCUT2D eigenvalue weighted by atomic mass is 9.88. The molecule has 1 amide bonds. The van der Waals surface area contributed by atoms with Crippen LogP contribution in [0.15, 0.2) is 24.3 Å². The molecular formula is C18H27NO4. The zero-order valence-electron chi connectivity index (χ0n) is 14.2. The summed E-state index contributed by atoms with van der Waals surface area (Å²) in [6.45, 7) is 6.23. The van der Waals surface area contributed by atoms with Crippen molar-refractivity contribution in [2.45, 2.75) is 58.4 Å². The summed E-state index contributed by atoms with van der Waals surface area (Å²) in [5.41, 5.74) is 0.411. The molecule has 0 saturated carbocycles. The van der Waals surface area contributed by atoms with Gasteiger partial charge in [-0.05, 0) is 37.8 Å². The van der Waals surface area contributed by atoms with Crippen LogP contribution in [0.25, 0.3) is 0 Å². The number of nitrogens with one attached hydrogen (secondary N) is 1. The smallest absolute Gasteiger partial charge is 0.305 e. The summed E-state index contributed by atoms with van der Waals surface area (Å²) in [4.78, 5) is 23.1. The first-order valence-corrected chi connectivity index (χ1v) is 8.13. The number of amides is 1. The highest BCUT2D eigenvalue weighted by Gasteiger charge is 2.30. The number of carboxylic acids is 1. The largest absolute Gasteiger partial charge is 0.493 e. The van der Waals surface area contributed by atoms with Crippen molar-refractivity contribution in [2.24, 2.45) is 0 Å². The van der Waals surface area contributed by atoms with E-state index in [2.05, 4.69) is 5.32 Å². The molecule has 0 heterocycles. The van der Waals surface area contributed by atoms with E-state index in [0.717, 1.165) is 11.3 Å². The number of ether oxygens (including phenoxy) is 1. The quantitative estimate of drug-likeness (QED) is 0.648. The zero-order valence-corrected chi connectivity index (χ0v) is 14.2. The van der Waals surface area contributed by atoms with Gasteiger partial charge in [0.2, 0.25) is 5.91 Å². The van der Waals surface area contributed by atoms with E-state index < -0.39 is 11.5 Å². The van der Waals surface area contributed by atoms with E-state index in [-0.39, 0.29) is 12.3 Å². The summed E-state index contributed by atoms with van der Waals surface area (Å²) >= 11 is 0. The highest BCUT2D eigenvalue weighted by atomic mass is 16.5. The van der Waals surface area contributed by atoms with Gasteiger partial charge >= 0.3 is 5.97 Å². The normalized spacial score (nSPS) is 11.1. The van der Waals surface area contributed by atoms with Crippen LogP contribution < -0.4 is 10.1 Å². The fourth-order valence-electron chi connectivity index (χ4n) is 2.50. The molecule has 1 aromatic rings. The third kappa shape index (κ3) is 6.30. The second-order valence-corrected chi connectivity index (χ2v) is 5.82. The molecule has 0 aliphatic heterocycles. The van der Waals surface area contributed by atoms with Gasteiger partial charge < -0.3 is 15.2 Å². The Morgan fingerprint density at radius 2 is 1.87 bits per heavy atom. The Bertz CT molecular complexity index is 524. The molecule has 0 aliphatic rings. The maximum absolute atomic E-state index is 12.1. The molecule has 0 atom stereocenters. The molecule has 5 nitrogen and oxygen atoms in total. The second kappa shape index (κ2) is 9.18. The van der Waals surface area contributed by atoms with Crippen LogP contribution in [-0.2, 0) is 9.59 Å². The molecule has 0 saturated heterocycles. The Balaban J connectivity index is 2.41. The summed E-state index contributed by atoms with van der Waals surface area (Å²) < 4.78 is 5.66. The van der Waals surface area contributed by atoms with E-state index in [4.69, 9.17) is 9.84 Å². The second-order valence-electron chi connectivity index (χ2n) is 5.82. The topological polar surface area (TPSA) is 75.6 Å². The van der Waals surface area contributed by atoms with Crippen molar-refractivity contribution in [3.05, 3.63) is 29.8 Å². The lowest BCUT2D eigenvalue weighted by Crippen LogP contribution is -2.49. The fraction of sp³-hybridized carbons (Fsp3) is 0.556. The number of para-hydroxylation sites is 1. The van der Waals surface area contributed by atoms with Crippen LogP contribution >= 0.6 is 0 Å². The van der Waals surface area contributed by atoms with Crippen molar-refractivity contribution in [2.75, 3.05) is 6.61 Å². The first kappa shape index (κ1) is 19.0. The van der Waals surface area contributed by atoms with Crippen molar-refractivity contribution in [1.29, 1.82) is 0 Å². The van der Waals surface area contributed by atoms with Crippen LogP contribution in [-0.4, -0.2) is 29.1 Å². The standard InChI is InChI=1S/C18H27NO4/c1-4-18(5-2,13-17(21)22)19-16(20)11-8-12-23-15-10-7-6-9-14(15)3/h6-7,9-10H,4-5,8,11-13H2,1-3H3,(H,19,20)(H,21,22). The SMILES string of the molecule is CCC(CC)(CC(=O)O)NC(=O)CCCOc1ccccc1C. The first-order valence-electron chi connectivity index (χ1n) is 8.13. The van der Waals surface area contributed by atoms with Gasteiger partial charge in [-0.25, -0.2) is 0 Å². The van der Waals surface area contributed by atoms with Gasteiger partial charge in [0, 0.05) is 12.0 Å². The fourth-order valence-corrected chi connectivity index (χ4v) is 2.50. The van der Waals surface area contributed by atoms with Crippen LogP contribution in [0.3, 0.4) is 0 Å². The van der Waals surface area contributed by atoms with Crippen molar-refractivity contribution in [1.82, 2.24) is 5.32 Å². The van der Waals surface area contributed by atoms with E-state index in [1.54, 1.807) is 0 Å². The Hall–Kier alpha value is -2.04. The predicted octanol–water partition coefficient (Wildman–Crippen LogP) is 3.30. The van der Waals surface area contributed by atoms with Gasteiger partial charge in [0.05, 0.1) is 13.0 Å². The molecule has 0 aromatic heterocycles. The van der Waals surface area contributed by atoms with E-state index in [9.17, 15) is 9.59 Å². The molecule has 1 aromatic carbocycles. The molecule has 0 unspecified atom stereocenters. The predicted molar refractivity (Wildman–Crippen MR) is 89.6 cm³/mol. The molecule has 0 spiro atoms. The van der Waals surface area contributed by atoms with Crippen LogP contribution in [0.5, 0.6) is 5.75 Å². The summed E-state index contributed by atoms with van der Waals surface area (Å²) in [5, 5.41) is 11.9. The molecule has 128 valence electrons. The monoisotopic (exact) mass is 321 g/mol. The molecule has 1 rings (SSSR count). The first-order chi connectivity index (χ1) is 10.9. The number of carbonyl (C=O) groups excluding carboxylic acids is 1. The highest BCUT2D eigenvalue weighted by molar-refractivity contribution is 5.78. The van der Waals surface area contributed by atoms with Gasteiger partial charge in [0.1, 0.15) is 5.75 Å². The van der Waals surface area contributed by atoms with Gasteiger partial charge in [0.15, 0.2) is 0 Å². The number of carboxylic acid groups (broad SMARTS) is 1. The minimum atomic E-state index is -0.892. The number of hydrogen-bond acceptors (Lipinski definition) is 3. The van der Waals surface area contributed by atoms with Crippen LogP contribution in [0.4, 0.5) is 0 Å². The molecule has 23 heavy (non-hydrogen) atoms. The van der Waals surface area contributed by atoms with E-state index in [0.29, 0.717) is 32.3 Å². The summed E-state index contributed by atoms with van der Waals surface area (Å²) in [6, 6.07) is 7.75. The van der Waals surface area contributed by atoms with E-state index in [1.807, 2.05) is 45.0 Å². The van der Waals surface area contributed by atoms with Gasteiger partial charge in [-0.2, -0.15) is 0 Å². The molecule has 0 aliphatic carbocycles. The summed E-state index contributed by atoms with van der Waals surface area (Å²) in [6.07, 6.45) is 2.07. The van der Waals surface area contributed by atoms with Gasteiger partial charge in [-0.15, -0.1) is 0 Å². The summed E-state index contributed by atoms with van der Waals surface area (Å²) in [5.74, 6) is -0.185. The molecule has 2 N–H and O–H groups in total. The maximum Gasteiger partial charge on any atom is 0.305 e. The average molecular weight is 321 g/mol.